The first-order chi connectivity index (χ1) is 14.1. The Morgan fingerprint density at radius 1 is 1.07 bits per heavy atom. The fourth-order valence-electron chi connectivity index (χ4n) is 3.95. The van der Waals surface area contributed by atoms with Crippen molar-refractivity contribution in [1.82, 2.24) is 20.2 Å². The molecule has 0 unspecified atom stereocenters. The van der Waals surface area contributed by atoms with E-state index in [4.69, 9.17) is 9.72 Å². The maximum atomic E-state index is 12.3. The maximum Gasteiger partial charge on any atom is 0.168 e. The van der Waals surface area contributed by atoms with E-state index in [0.717, 1.165) is 41.2 Å². The molecule has 3 aromatic heterocycles. The average molecular weight is 414 g/mol. The van der Waals surface area contributed by atoms with E-state index in [2.05, 4.69) is 20.1 Å². The van der Waals surface area contributed by atoms with Crippen molar-refractivity contribution in [2.24, 2.45) is 0 Å². The second-order valence-electron chi connectivity index (χ2n) is 7.32. The number of anilines is 2. The molecule has 0 atom stereocenters. The van der Waals surface area contributed by atoms with E-state index in [0.29, 0.717) is 31.9 Å². The Bertz CT molecular complexity index is 1130. The zero-order valence-electron chi connectivity index (χ0n) is 15.9. The number of ether oxygens (including phenoxy) is 1. The minimum Gasteiger partial charge on any atom is -0.378 e. The molecule has 152 valence electrons. The molecular weight excluding hydrogens is 392 g/mol. The molecule has 0 saturated carbocycles. The van der Waals surface area contributed by atoms with Crippen LogP contribution >= 0.6 is 0 Å². The van der Waals surface area contributed by atoms with Crippen molar-refractivity contribution in [2.45, 2.75) is 6.42 Å². The van der Waals surface area contributed by atoms with Crippen LogP contribution in [0.1, 0.15) is 6.42 Å². The third kappa shape index (κ3) is 3.53. The van der Waals surface area contributed by atoms with Gasteiger partial charge in [0.05, 0.1) is 30.3 Å². The molecular formula is C19H22N6O3S. The molecule has 0 bridgehead atoms. The van der Waals surface area contributed by atoms with Gasteiger partial charge in [-0.2, -0.15) is 5.10 Å². The second-order valence-corrected chi connectivity index (χ2v) is 9.47. The van der Waals surface area contributed by atoms with Crippen molar-refractivity contribution in [3.8, 4) is 11.4 Å². The monoisotopic (exact) mass is 414 g/mol. The van der Waals surface area contributed by atoms with Gasteiger partial charge in [-0.05, 0) is 18.6 Å². The average Bonchev–Trinajstić information content (AvgIpc) is 3.27. The molecule has 1 N–H and O–H groups in total. The standard InChI is InChI=1S/C19H22N6O3S/c26-29(27)11-1-6-25(13-29)16-12-17(24-7-9-28-10-8-24)22-18-14(16)2-4-20-19(18)15-3-5-21-23-15/h2-5,12H,1,6-11,13H2,(H,21,23). The molecule has 2 aliphatic heterocycles. The first-order valence-corrected chi connectivity index (χ1v) is 11.5. The van der Waals surface area contributed by atoms with E-state index in [1.807, 2.05) is 23.1 Å². The molecule has 0 amide bonds. The predicted molar refractivity (Wildman–Crippen MR) is 111 cm³/mol. The number of hydrogen-bond donors (Lipinski definition) is 1. The lowest BCUT2D eigenvalue weighted by atomic mass is 10.1. The topological polar surface area (TPSA) is 104 Å². The molecule has 29 heavy (non-hydrogen) atoms. The molecule has 9 nitrogen and oxygen atoms in total. The number of nitrogens with one attached hydrogen (secondary N) is 1. The number of H-pyrrole nitrogens is 1. The molecule has 2 aliphatic rings. The Kier molecular flexibility index (Phi) is 4.59. The summed E-state index contributed by atoms with van der Waals surface area (Å²) in [5.41, 5.74) is 3.09. The number of fused-ring (bicyclic) bond motifs is 1. The summed E-state index contributed by atoms with van der Waals surface area (Å²) in [4.78, 5) is 13.6. The van der Waals surface area contributed by atoms with Gasteiger partial charge in [-0.1, -0.05) is 0 Å². The summed E-state index contributed by atoms with van der Waals surface area (Å²) in [7, 11) is -3.10. The van der Waals surface area contributed by atoms with Crippen molar-refractivity contribution in [3.05, 3.63) is 30.6 Å². The molecule has 0 radical (unpaired) electrons. The van der Waals surface area contributed by atoms with Gasteiger partial charge in [-0.25, -0.2) is 13.4 Å². The van der Waals surface area contributed by atoms with Crippen LogP contribution in [0.2, 0.25) is 0 Å². The summed E-state index contributed by atoms with van der Waals surface area (Å²) >= 11 is 0. The Labute approximate surface area is 168 Å². The normalized spacial score (nSPS) is 19.6. The van der Waals surface area contributed by atoms with Crippen LogP contribution in [0, 0.1) is 0 Å². The molecule has 5 rings (SSSR count). The van der Waals surface area contributed by atoms with E-state index in [1.54, 1.807) is 12.4 Å². The maximum absolute atomic E-state index is 12.3. The number of aromatic amines is 1. The van der Waals surface area contributed by atoms with Gasteiger partial charge in [0.2, 0.25) is 0 Å². The Balaban J connectivity index is 1.71. The highest BCUT2D eigenvalue weighted by Crippen LogP contribution is 2.35. The van der Waals surface area contributed by atoms with Gasteiger partial charge in [-0.3, -0.25) is 10.1 Å². The van der Waals surface area contributed by atoms with Crippen molar-refractivity contribution in [1.29, 1.82) is 0 Å². The number of nitrogens with zero attached hydrogens (tertiary/aromatic N) is 5. The van der Waals surface area contributed by atoms with E-state index in [-0.39, 0.29) is 11.6 Å². The lowest BCUT2D eigenvalue weighted by Gasteiger charge is -2.32. The lowest BCUT2D eigenvalue weighted by molar-refractivity contribution is 0.122. The van der Waals surface area contributed by atoms with Gasteiger partial charge in [0.15, 0.2) is 9.84 Å². The third-order valence-electron chi connectivity index (χ3n) is 5.36. The van der Waals surface area contributed by atoms with Crippen LogP contribution in [0.15, 0.2) is 30.6 Å². The molecule has 3 aromatic rings. The first kappa shape index (κ1) is 18.3. The molecule has 0 spiro atoms. The summed E-state index contributed by atoms with van der Waals surface area (Å²) < 4.78 is 30.1. The van der Waals surface area contributed by atoms with Crippen molar-refractivity contribution in [2.75, 3.05) is 54.3 Å². The van der Waals surface area contributed by atoms with Gasteiger partial charge in [-0.15, -0.1) is 0 Å². The van der Waals surface area contributed by atoms with Crippen molar-refractivity contribution < 1.29 is 13.2 Å². The molecule has 5 heterocycles. The smallest absolute Gasteiger partial charge is 0.168 e. The molecule has 0 aromatic carbocycles. The summed E-state index contributed by atoms with van der Waals surface area (Å²) in [6.45, 7) is 3.48. The van der Waals surface area contributed by atoms with Crippen LogP contribution in [0.3, 0.4) is 0 Å². The lowest BCUT2D eigenvalue weighted by Crippen LogP contribution is -2.39. The van der Waals surface area contributed by atoms with Crippen LogP contribution in [0.5, 0.6) is 0 Å². The number of hydrogen-bond acceptors (Lipinski definition) is 8. The number of rotatable bonds is 3. The van der Waals surface area contributed by atoms with E-state index >= 15 is 0 Å². The first-order valence-electron chi connectivity index (χ1n) is 9.68. The van der Waals surface area contributed by atoms with Crippen molar-refractivity contribution >= 4 is 32.2 Å². The van der Waals surface area contributed by atoms with E-state index < -0.39 is 9.84 Å². The fraction of sp³-hybridized carbons (Fsp3) is 0.421. The van der Waals surface area contributed by atoms with Crippen molar-refractivity contribution in [3.63, 3.8) is 0 Å². The minimum atomic E-state index is -3.10. The number of pyridine rings is 2. The number of sulfone groups is 1. The zero-order valence-corrected chi connectivity index (χ0v) is 16.7. The van der Waals surface area contributed by atoms with E-state index in [9.17, 15) is 8.42 Å². The quantitative estimate of drug-likeness (QED) is 0.687. The van der Waals surface area contributed by atoms with Crippen LogP contribution < -0.4 is 9.80 Å². The second kappa shape index (κ2) is 7.27. The molecule has 10 heteroatoms. The minimum absolute atomic E-state index is 0.0242. The van der Waals surface area contributed by atoms with Gasteiger partial charge in [0, 0.05) is 43.5 Å². The number of aromatic nitrogens is 4. The number of morpholine rings is 1. The SMILES string of the molecule is O=S1(=O)CCCN(c2cc(N3CCOCC3)nc3c(-c4ccn[nH]4)nccc23)C1. The van der Waals surface area contributed by atoms with Gasteiger partial charge in [0.25, 0.3) is 0 Å². The predicted octanol–water partition coefficient (Wildman–Crippen LogP) is 1.44. The van der Waals surface area contributed by atoms with Crippen LogP contribution in [0.25, 0.3) is 22.3 Å². The highest BCUT2D eigenvalue weighted by atomic mass is 32.2. The van der Waals surface area contributed by atoms with Gasteiger partial charge in [0.1, 0.15) is 22.9 Å². The summed E-state index contributed by atoms with van der Waals surface area (Å²) in [5, 5.41) is 7.89. The summed E-state index contributed by atoms with van der Waals surface area (Å²) in [5.74, 6) is 1.08. The highest BCUT2D eigenvalue weighted by Gasteiger charge is 2.26. The van der Waals surface area contributed by atoms with Crippen LogP contribution in [-0.4, -0.2) is 73.1 Å². The largest absolute Gasteiger partial charge is 0.378 e. The molecule has 2 saturated heterocycles. The fourth-order valence-corrected chi connectivity index (χ4v) is 5.39. The summed E-state index contributed by atoms with van der Waals surface area (Å²) in [6.07, 6.45) is 4.04. The zero-order chi connectivity index (χ0) is 19.8. The Morgan fingerprint density at radius 3 is 2.69 bits per heavy atom. The summed E-state index contributed by atoms with van der Waals surface area (Å²) in [6, 6.07) is 5.77. The van der Waals surface area contributed by atoms with Gasteiger partial charge >= 0.3 is 0 Å². The Hall–Kier alpha value is -2.72. The van der Waals surface area contributed by atoms with Crippen LogP contribution in [-0.2, 0) is 14.6 Å². The molecule has 2 fully saturated rings. The van der Waals surface area contributed by atoms with Crippen LogP contribution in [0.4, 0.5) is 11.5 Å². The third-order valence-corrected chi connectivity index (χ3v) is 6.98. The Morgan fingerprint density at radius 2 is 1.93 bits per heavy atom. The van der Waals surface area contributed by atoms with Gasteiger partial charge < -0.3 is 14.5 Å². The molecule has 0 aliphatic carbocycles. The highest BCUT2D eigenvalue weighted by molar-refractivity contribution is 7.91. The van der Waals surface area contributed by atoms with E-state index in [1.165, 1.54) is 0 Å².